The molecule has 6 nitrogen and oxygen atoms in total. The Bertz CT molecular complexity index is 1390. The molecule has 4 aromatic carbocycles. The number of carbonyl (C=O) groups excluding carboxylic acids is 3. The number of nitrogens with one attached hydrogen (secondary N) is 1. The van der Waals surface area contributed by atoms with E-state index in [-0.39, 0.29) is 17.7 Å². The van der Waals surface area contributed by atoms with Crippen LogP contribution in [-0.4, -0.2) is 17.7 Å². The van der Waals surface area contributed by atoms with Gasteiger partial charge in [-0.3, -0.25) is 14.4 Å². The monoisotopic (exact) mass is 422 g/mol. The number of hydrogen-bond donors (Lipinski definition) is 1. The highest BCUT2D eigenvalue weighted by Gasteiger charge is 2.37. The van der Waals surface area contributed by atoms with Crippen molar-refractivity contribution < 1.29 is 19.1 Å². The van der Waals surface area contributed by atoms with Gasteiger partial charge in [-0.25, -0.2) is 4.90 Å². The minimum absolute atomic E-state index is 0.156. The molecule has 1 heterocycles. The highest BCUT2D eigenvalue weighted by Crippen LogP contribution is 2.35. The molecule has 0 spiro atoms. The Morgan fingerprint density at radius 3 is 2.25 bits per heavy atom. The summed E-state index contributed by atoms with van der Waals surface area (Å²) < 4.78 is 5.86. The van der Waals surface area contributed by atoms with Crippen LogP contribution in [0, 0.1) is 0 Å². The maximum Gasteiger partial charge on any atom is 0.266 e. The lowest BCUT2D eigenvalue weighted by Gasteiger charge is -2.16. The summed E-state index contributed by atoms with van der Waals surface area (Å²) in [4.78, 5) is 38.7. The predicted molar refractivity (Wildman–Crippen MR) is 122 cm³/mol. The Labute approximate surface area is 184 Å². The lowest BCUT2D eigenvalue weighted by molar-refractivity contribution is -0.114. The molecule has 5 rings (SSSR count). The Kier molecular flexibility index (Phi) is 4.67. The van der Waals surface area contributed by atoms with Crippen molar-refractivity contribution >= 4 is 39.9 Å². The normalized spacial score (nSPS) is 12.7. The molecule has 0 unspecified atom stereocenters. The molecule has 0 aromatic heterocycles. The van der Waals surface area contributed by atoms with Crippen molar-refractivity contribution in [1.29, 1.82) is 0 Å². The van der Waals surface area contributed by atoms with E-state index in [4.69, 9.17) is 4.74 Å². The average Bonchev–Trinajstić information content (AvgIpc) is 3.04. The number of hydrogen-bond acceptors (Lipinski definition) is 4. The van der Waals surface area contributed by atoms with Crippen molar-refractivity contribution in [2.45, 2.75) is 6.92 Å². The Hall–Kier alpha value is -4.45. The van der Waals surface area contributed by atoms with Gasteiger partial charge < -0.3 is 10.1 Å². The first-order valence-electron chi connectivity index (χ1n) is 10.1. The largest absolute Gasteiger partial charge is 0.457 e. The molecule has 0 saturated carbocycles. The highest BCUT2D eigenvalue weighted by atomic mass is 16.5. The van der Waals surface area contributed by atoms with Crippen molar-refractivity contribution in [3.8, 4) is 11.5 Å². The number of fused-ring (bicyclic) bond motifs is 2. The quantitative estimate of drug-likeness (QED) is 0.447. The maximum atomic E-state index is 13.2. The predicted octanol–water partition coefficient (Wildman–Crippen LogP) is 5.39. The topological polar surface area (TPSA) is 75.7 Å². The maximum absolute atomic E-state index is 13.2. The van der Waals surface area contributed by atoms with E-state index in [2.05, 4.69) is 5.32 Å². The highest BCUT2D eigenvalue weighted by molar-refractivity contribution is 6.36. The summed E-state index contributed by atoms with van der Waals surface area (Å²) in [7, 11) is 0. The van der Waals surface area contributed by atoms with E-state index in [9.17, 15) is 14.4 Å². The van der Waals surface area contributed by atoms with Crippen LogP contribution in [0.1, 0.15) is 27.6 Å². The van der Waals surface area contributed by atoms with Crippen LogP contribution in [0.25, 0.3) is 10.8 Å². The molecule has 6 heteroatoms. The Morgan fingerprint density at radius 2 is 1.47 bits per heavy atom. The number of nitrogens with zero attached hydrogens (tertiary/aromatic N) is 1. The summed E-state index contributed by atoms with van der Waals surface area (Å²) in [5.74, 6) is 0.0928. The molecule has 0 fully saturated rings. The van der Waals surface area contributed by atoms with Gasteiger partial charge >= 0.3 is 0 Å². The lowest BCUT2D eigenvalue weighted by Crippen LogP contribution is -2.29. The van der Waals surface area contributed by atoms with E-state index in [1.54, 1.807) is 48.5 Å². The van der Waals surface area contributed by atoms with Crippen LogP contribution in [0.5, 0.6) is 11.5 Å². The molecule has 4 aromatic rings. The summed E-state index contributed by atoms with van der Waals surface area (Å²) in [6, 6.07) is 24.9. The third-order valence-corrected chi connectivity index (χ3v) is 5.28. The number of imide groups is 1. The number of ether oxygens (including phenoxy) is 1. The van der Waals surface area contributed by atoms with Gasteiger partial charge in [0.15, 0.2) is 0 Å². The van der Waals surface area contributed by atoms with Crippen LogP contribution >= 0.6 is 0 Å². The third-order valence-electron chi connectivity index (χ3n) is 5.28. The van der Waals surface area contributed by atoms with Gasteiger partial charge in [0.05, 0.1) is 16.8 Å². The van der Waals surface area contributed by atoms with Crippen molar-refractivity contribution in [3.63, 3.8) is 0 Å². The molecule has 0 bridgehead atoms. The van der Waals surface area contributed by atoms with Gasteiger partial charge in [0, 0.05) is 18.0 Å². The minimum atomic E-state index is -0.382. The van der Waals surface area contributed by atoms with E-state index in [0.29, 0.717) is 34.0 Å². The van der Waals surface area contributed by atoms with Gasteiger partial charge in [0.2, 0.25) is 5.91 Å². The molecule has 3 amide bonds. The van der Waals surface area contributed by atoms with E-state index < -0.39 is 0 Å². The number of anilines is 2. The van der Waals surface area contributed by atoms with Gasteiger partial charge in [-0.2, -0.15) is 0 Å². The van der Waals surface area contributed by atoms with Crippen molar-refractivity contribution in [3.05, 3.63) is 96.1 Å². The fourth-order valence-electron chi connectivity index (χ4n) is 3.85. The van der Waals surface area contributed by atoms with Crippen LogP contribution < -0.4 is 15.0 Å². The zero-order valence-electron chi connectivity index (χ0n) is 17.2. The van der Waals surface area contributed by atoms with E-state index in [0.717, 1.165) is 10.8 Å². The summed E-state index contributed by atoms with van der Waals surface area (Å²) in [5.41, 5.74) is 1.86. The molecule has 32 heavy (non-hydrogen) atoms. The third kappa shape index (κ3) is 3.37. The van der Waals surface area contributed by atoms with Gasteiger partial charge in [-0.15, -0.1) is 0 Å². The standard InChI is InChI=1S/C26H18N2O4/c1-16(29)27-18-9-11-19(12-10-18)32-20-13-14-22-23(15-20)26(31)28(25(22)30)24-8-4-6-17-5-2-3-7-21(17)24/h2-15H,1H3,(H,27,29). The van der Waals surface area contributed by atoms with Crippen LogP contribution in [0.15, 0.2) is 84.9 Å². The molecule has 1 aliphatic rings. The number of amides is 3. The second-order valence-electron chi connectivity index (χ2n) is 7.46. The first-order valence-corrected chi connectivity index (χ1v) is 10.1. The van der Waals surface area contributed by atoms with Crippen LogP contribution in [0.2, 0.25) is 0 Å². The van der Waals surface area contributed by atoms with Gasteiger partial charge in [0.1, 0.15) is 11.5 Å². The molecule has 1 aliphatic heterocycles. The Balaban J connectivity index is 1.45. The van der Waals surface area contributed by atoms with Gasteiger partial charge in [-0.05, 0) is 53.9 Å². The van der Waals surface area contributed by atoms with Crippen LogP contribution in [-0.2, 0) is 4.79 Å². The first-order chi connectivity index (χ1) is 15.5. The van der Waals surface area contributed by atoms with Crippen LogP contribution in [0.4, 0.5) is 11.4 Å². The molecule has 0 radical (unpaired) electrons. The second kappa shape index (κ2) is 7.67. The van der Waals surface area contributed by atoms with Crippen molar-refractivity contribution in [2.24, 2.45) is 0 Å². The molecule has 1 N–H and O–H groups in total. The summed E-state index contributed by atoms with van der Waals surface area (Å²) in [6.07, 6.45) is 0. The molecule has 156 valence electrons. The fourth-order valence-corrected chi connectivity index (χ4v) is 3.85. The van der Waals surface area contributed by atoms with E-state index in [1.807, 2.05) is 36.4 Å². The molecule has 0 aliphatic carbocycles. The molecular formula is C26H18N2O4. The lowest BCUT2D eigenvalue weighted by atomic mass is 10.1. The zero-order valence-corrected chi connectivity index (χ0v) is 17.2. The Morgan fingerprint density at radius 1 is 0.781 bits per heavy atom. The van der Waals surface area contributed by atoms with Gasteiger partial charge in [0.25, 0.3) is 11.8 Å². The first kappa shape index (κ1) is 19.5. The van der Waals surface area contributed by atoms with Crippen molar-refractivity contribution in [1.82, 2.24) is 0 Å². The molecule has 0 atom stereocenters. The molecular weight excluding hydrogens is 404 g/mol. The SMILES string of the molecule is CC(=O)Nc1ccc(Oc2ccc3c(c2)C(=O)N(c2cccc4ccccc24)C3=O)cc1. The number of rotatable bonds is 4. The molecule has 0 saturated heterocycles. The van der Waals surface area contributed by atoms with E-state index >= 15 is 0 Å². The van der Waals surface area contributed by atoms with E-state index in [1.165, 1.54) is 11.8 Å². The summed E-state index contributed by atoms with van der Waals surface area (Å²) >= 11 is 0. The average molecular weight is 422 g/mol. The summed E-state index contributed by atoms with van der Waals surface area (Å²) in [6.45, 7) is 1.44. The summed E-state index contributed by atoms with van der Waals surface area (Å²) in [5, 5.41) is 4.48. The van der Waals surface area contributed by atoms with Gasteiger partial charge in [-0.1, -0.05) is 36.4 Å². The second-order valence-corrected chi connectivity index (χ2v) is 7.46. The van der Waals surface area contributed by atoms with Crippen molar-refractivity contribution in [2.75, 3.05) is 10.2 Å². The number of carbonyl (C=O) groups is 3. The number of benzene rings is 4. The smallest absolute Gasteiger partial charge is 0.266 e. The van der Waals surface area contributed by atoms with Crippen LogP contribution in [0.3, 0.4) is 0 Å². The fraction of sp³-hybridized carbons (Fsp3) is 0.0385. The minimum Gasteiger partial charge on any atom is -0.457 e. The zero-order chi connectivity index (χ0) is 22.2.